The van der Waals surface area contributed by atoms with Crippen molar-refractivity contribution < 1.29 is 9.53 Å². The lowest BCUT2D eigenvalue weighted by molar-refractivity contribution is -0.129. The topological polar surface area (TPSA) is 38.7 Å². The zero-order valence-electron chi connectivity index (χ0n) is 12.7. The van der Waals surface area contributed by atoms with Crippen LogP contribution in [-0.4, -0.2) is 11.9 Å². The number of rotatable bonds is 3. The molecule has 110 valence electrons. The Morgan fingerprint density at radius 3 is 2.59 bits per heavy atom. The molecule has 0 saturated heterocycles. The average molecular weight is 291 g/mol. The fraction of sp³-hybridized carbons (Fsp3) is 0.158. The summed E-state index contributed by atoms with van der Waals surface area (Å²) in [6, 6.07) is 15.8. The Morgan fingerprint density at radius 1 is 1.14 bits per heavy atom. The molecule has 1 heterocycles. The summed E-state index contributed by atoms with van der Waals surface area (Å²) in [5.41, 5.74) is 4.46. The van der Waals surface area contributed by atoms with E-state index in [4.69, 9.17) is 4.74 Å². The van der Waals surface area contributed by atoms with E-state index in [1.165, 1.54) is 5.56 Å². The highest BCUT2D eigenvalue weighted by atomic mass is 16.6. The van der Waals surface area contributed by atoms with Crippen LogP contribution in [0.4, 0.5) is 0 Å². The predicted molar refractivity (Wildman–Crippen MR) is 87.6 cm³/mol. The summed E-state index contributed by atoms with van der Waals surface area (Å²) >= 11 is 0. The maximum atomic E-state index is 12.0. The highest BCUT2D eigenvalue weighted by Gasteiger charge is 2.24. The lowest BCUT2D eigenvalue weighted by atomic mass is 10.1. The maximum Gasteiger partial charge on any atom is 0.363 e. The molecule has 0 spiro atoms. The van der Waals surface area contributed by atoms with Gasteiger partial charge in [-0.2, -0.15) is 0 Å². The highest BCUT2D eigenvalue weighted by Crippen LogP contribution is 2.20. The number of aryl methyl sites for hydroxylation is 2. The van der Waals surface area contributed by atoms with Crippen molar-refractivity contribution in [2.75, 3.05) is 0 Å². The van der Waals surface area contributed by atoms with Crippen LogP contribution in [-0.2, 0) is 16.0 Å². The fourth-order valence-corrected chi connectivity index (χ4v) is 2.32. The van der Waals surface area contributed by atoms with Gasteiger partial charge in [-0.25, -0.2) is 9.79 Å². The van der Waals surface area contributed by atoms with Crippen LogP contribution in [0.5, 0.6) is 0 Å². The molecule has 1 aliphatic heterocycles. The van der Waals surface area contributed by atoms with Crippen molar-refractivity contribution in [1.82, 2.24) is 0 Å². The Labute approximate surface area is 130 Å². The molecule has 0 atom stereocenters. The number of carbonyl (C=O) groups is 1. The first-order valence-corrected chi connectivity index (χ1v) is 7.34. The van der Waals surface area contributed by atoms with Gasteiger partial charge in [0.25, 0.3) is 0 Å². The summed E-state index contributed by atoms with van der Waals surface area (Å²) in [5, 5.41) is 0. The van der Waals surface area contributed by atoms with Crippen LogP contribution in [0.1, 0.15) is 29.2 Å². The molecule has 0 saturated carbocycles. The number of aliphatic imine (C=N–C) groups is 1. The molecule has 0 aliphatic carbocycles. The molecular weight excluding hydrogens is 274 g/mol. The molecule has 0 fully saturated rings. The third-order valence-electron chi connectivity index (χ3n) is 3.58. The van der Waals surface area contributed by atoms with Crippen LogP contribution >= 0.6 is 0 Å². The Kier molecular flexibility index (Phi) is 3.88. The zero-order valence-corrected chi connectivity index (χ0v) is 12.7. The number of hydrogen-bond donors (Lipinski definition) is 0. The van der Waals surface area contributed by atoms with Crippen molar-refractivity contribution in [2.45, 2.75) is 20.3 Å². The van der Waals surface area contributed by atoms with Crippen molar-refractivity contribution in [1.29, 1.82) is 0 Å². The summed E-state index contributed by atoms with van der Waals surface area (Å²) in [6.45, 7) is 4.10. The second-order valence-corrected chi connectivity index (χ2v) is 5.30. The lowest BCUT2D eigenvalue weighted by Crippen LogP contribution is -2.05. The predicted octanol–water partition coefficient (Wildman–Crippen LogP) is 3.90. The van der Waals surface area contributed by atoms with Crippen LogP contribution in [0.2, 0.25) is 0 Å². The van der Waals surface area contributed by atoms with Gasteiger partial charge in [0.2, 0.25) is 5.90 Å². The molecule has 3 heteroatoms. The molecule has 0 bridgehead atoms. The van der Waals surface area contributed by atoms with Gasteiger partial charge in [0, 0.05) is 5.56 Å². The number of cyclic esters (lactones) is 1. The SMILES string of the molecule is CCc1ccc(/C=C2/N=C(c3cccc(C)c3)OC2=O)cc1. The Bertz CT molecular complexity index is 770. The van der Waals surface area contributed by atoms with Crippen LogP contribution < -0.4 is 0 Å². The molecule has 0 radical (unpaired) electrons. The van der Waals surface area contributed by atoms with Crippen molar-refractivity contribution in [2.24, 2.45) is 4.99 Å². The summed E-state index contributed by atoms with van der Waals surface area (Å²) in [6.07, 6.45) is 2.75. The van der Waals surface area contributed by atoms with Gasteiger partial charge in [-0.1, -0.05) is 48.9 Å². The van der Waals surface area contributed by atoms with E-state index in [0.29, 0.717) is 11.6 Å². The van der Waals surface area contributed by atoms with Gasteiger partial charge < -0.3 is 4.74 Å². The van der Waals surface area contributed by atoms with E-state index in [1.807, 2.05) is 43.3 Å². The Hall–Kier alpha value is -2.68. The van der Waals surface area contributed by atoms with E-state index in [1.54, 1.807) is 6.08 Å². The van der Waals surface area contributed by atoms with Gasteiger partial charge in [-0.05, 0) is 42.7 Å². The van der Waals surface area contributed by atoms with Crippen LogP contribution in [0, 0.1) is 6.92 Å². The van der Waals surface area contributed by atoms with E-state index in [-0.39, 0.29) is 0 Å². The van der Waals surface area contributed by atoms with Crippen LogP contribution in [0.15, 0.2) is 59.2 Å². The third-order valence-corrected chi connectivity index (χ3v) is 3.58. The first-order valence-electron chi connectivity index (χ1n) is 7.34. The quantitative estimate of drug-likeness (QED) is 0.635. The second-order valence-electron chi connectivity index (χ2n) is 5.30. The first kappa shape index (κ1) is 14.3. The highest BCUT2D eigenvalue weighted by molar-refractivity contribution is 6.12. The summed E-state index contributed by atoms with van der Waals surface area (Å²) in [5.74, 6) is -0.0406. The van der Waals surface area contributed by atoms with E-state index < -0.39 is 5.97 Å². The van der Waals surface area contributed by atoms with Gasteiger partial charge >= 0.3 is 5.97 Å². The monoisotopic (exact) mass is 291 g/mol. The minimum absolute atomic E-state index is 0.334. The van der Waals surface area contributed by atoms with Crippen molar-refractivity contribution >= 4 is 17.9 Å². The molecule has 1 aliphatic rings. The van der Waals surface area contributed by atoms with E-state index >= 15 is 0 Å². The number of nitrogens with zero attached hydrogens (tertiary/aromatic N) is 1. The third kappa shape index (κ3) is 2.98. The Balaban J connectivity index is 1.90. The summed E-state index contributed by atoms with van der Waals surface area (Å²) < 4.78 is 5.27. The average Bonchev–Trinajstić information content (AvgIpc) is 2.89. The smallest absolute Gasteiger partial charge is 0.363 e. The van der Waals surface area contributed by atoms with E-state index in [0.717, 1.165) is 23.1 Å². The normalized spacial score (nSPS) is 15.8. The molecule has 2 aromatic rings. The molecule has 3 nitrogen and oxygen atoms in total. The second kappa shape index (κ2) is 5.98. The summed E-state index contributed by atoms with van der Waals surface area (Å²) in [4.78, 5) is 16.3. The van der Waals surface area contributed by atoms with Gasteiger partial charge in [0.15, 0.2) is 5.70 Å². The molecule has 0 amide bonds. The van der Waals surface area contributed by atoms with Gasteiger partial charge in [-0.3, -0.25) is 0 Å². The molecular formula is C19H17NO2. The molecule has 0 N–H and O–H groups in total. The number of benzene rings is 2. The number of carbonyl (C=O) groups excluding carboxylic acids is 1. The van der Waals surface area contributed by atoms with Gasteiger partial charge in [0.1, 0.15) is 0 Å². The number of hydrogen-bond acceptors (Lipinski definition) is 3. The first-order chi connectivity index (χ1) is 10.7. The van der Waals surface area contributed by atoms with Crippen molar-refractivity contribution in [3.8, 4) is 0 Å². The molecule has 22 heavy (non-hydrogen) atoms. The van der Waals surface area contributed by atoms with Crippen LogP contribution in [0.25, 0.3) is 6.08 Å². The standard InChI is InChI=1S/C19H17NO2/c1-3-14-7-9-15(10-8-14)12-17-19(21)22-18(20-17)16-6-4-5-13(2)11-16/h4-12H,3H2,1-2H3/b17-12+. The van der Waals surface area contributed by atoms with Crippen LogP contribution in [0.3, 0.4) is 0 Å². The lowest BCUT2D eigenvalue weighted by Gasteiger charge is -1.99. The Morgan fingerprint density at radius 2 is 1.91 bits per heavy atom. The van der Waals surface area contributed by atoms with Crippen molar-refractivity contribution in [3.05, 3.63) is 76.5 Å². The molecule has 0 unspecified atom stereocenters. The fourth-order valence-electron chi connectivity index (χ4n) is 2.32. The molecule has 3 rings (SSSR count). The van der Waals surface area contributed by atoms with E-state index in [9.17, 15) is 4.79 Å². The molecule has 0 aromatic heterocycles. The summed E-state index contributed by atoms with van der Waals surface area (Å²) in [7, 11) is 0. The van der Waals surface area contributed by atoms with E-state index in [2.05, 4.69) is 24.0 Å². The maximum absolute atomic E-state index is 12.0. The largest absolute Gasteiger partial charge is 0.402 e. The minimum atomic E-state index is -0.406. The van der Waals surface area contributed by atoms with Crippen molar-refractivity contribution in [3.63, 3.8) is 0 Å². The minimum Gasteiger partial charge on any atom is -0.402 e. The molecule has 2 aromatic carbocycles. The number of ether oxygens (including phenoxy) is 1. The van der Waals surface area contributed by atoms with Gasteiger partial charge in [0.05, 0.1) is 0 Å². The van der Waals surface area contributed by atoms with Gasteiger partial charge in [-0.15, -0.1) is 0 Å². The number of esters is 1. The zero-order chi connectivity index (χ0) is 15.5.